The van der Waals surface area contributed by atoms with Crippen molar-refractivity contribution in [1.82, 2.24) is 20.2 Å². The lowest BCUT2D eigenvalue weighted by Gasteiger charge is -2.38. The number of nitrogens with zero attached hydrogens (tertiary/aromatic N) is 3. The van der Waals surface area contributed by atoms with Crippen LogP contribution in [-0.4, -0.2) is 52.2 Å². The van der Waals surface area contributed by atoms with E-state index in [0.29, 0.717) is 17.9 Å². The Kier molecular flexibility index (Phi) is 7.35. The molecule has 168 valence electrons. The van der Waals surface area contributed by atoms with E-state index in [0.717, 1.165) is 56.0 Å². The number of piperazine rings is 1. The lowest BCUT2D eigenvalue weighted by molar-refractivity contribution is 0.117. The topological polar surface area (TPSA) is 73.3 Å². The standard InChI is InChI=1S/C26H33N5O/c1-19(2)25-17-27-14-15-31(25)18-21-4-3-5-22(16-21)24-11-13-29-26(30-24)28-12-10-20-6-8-23(32)9-7-20/h3-9,11,13,16,19,25,27,32H,10,12,14-15,17-18H2,1-2H3,(H,28,29,30). The highest BCUT2D eigenvalue weighted by atomic mass is 16.3. The Morgan fingerprint density at radius 2 is 1.97 bits per heavy atom. The fourth-order valence-corrected chi connectivity index (χ4v) is 4.27. The van der Waals surface area contributed by atoms with Crippen LogP contribution in [0, 0.1) is 5.92 Å². The van der Waals surface area contributed by atoms with Crippen LogP contribution in [0.25, 0.3) is 11.3 Å². The molecule has 3 N–H and O–H groups in total. The van der Waals surface area contributed by atoms with Crippen molar-refractivity contribution in [2.45, 2.75) is 32.9 Å². The quantitative estimate of drug-likeness (QED) is 0.502. The van der Waals surface area contributed by atoms with Crippen LogP contribution >= 0.6 is 0 Å². The molecule has 2 aromatic carbocycles. The van der Waals surface area contributed by atoms with Crippen LogP contribution in [0.1, 0.15) is 25.0 Å². The molecule has 1 aliphatic rings. The first-order valence-electron chi connectivity index (χ1n) is 11.5. The fourth-order valence-electron chi connectivity index (χ4n) is 4.27. The molecule has 0 saturated carbocycles. The predicted molar refractivity (Wildman–Crippen MR) is 130 cm³/mol. The van der Waals surface area contributed by atoms with Crippen molar-refractivity contribution in [3.63, 3.8) is 0 Å². The van der Waals surface area contributed by atoms with Gasteiger partial charge in [0.15, 0.2) is 0 Å². The minimum Gasteiger partial charge on any atom is -0.508 e. The van der Waals surface area contributed by atoms with E-state index < -0.39 is 0 Å². The number of hydrogen-bond donors (Lipinski definition) is 3. The van der Waals surface area contributed by atoms with Gasteiger partial charge in [-0.3, -0.25) is 4.90 Å². The summed E-state index contributed by atoms with van der Waals surface area (Å²) in [5, 5.41) is 16.3. The van der Waals surface area contributed by atoms with Crippen LogP contribution in [0.5, 0.6) is 5.75 Å². The van der Waals surface area contributed by atoms with Crippen LogP contribution in [0.2, 0.25) is 0 Å². The van der Waals surface area contributed by atoms with E-state index in [1.165, 1.54) is 5.56 Å². The van der Waals surface area contributed by atoms with E-state index in [1.807, 2.05) is 24.4 Å². The number of benzene rings is 2. The largest absolute Gasteiger partial charge is 0.508 e. The maximum atomic E-state index is 9.41. The number of aromatic nitrogens is 2. The van der Waals surface area contributed by atoms with Gasteiger partial charge in [-0.25, -0.2) is 9.97 Å². The van der Waals surface area contributed by atoms with Gasteiger partial charge < -0.3 is 15.7 Å². The monoisotopic (exact) mass is 431 g/mol. The third-order valence-corrected chi connectivity index (χ3v) is 6.06. The van der Waals surface area contributed by atoms with Crippen molar-refractivity contribution < 1.29 is 5.11 Å². The SMILES string of the molecule is CC(C)C1CNCCN1Cc1cccc(-c2ccnc(NCCc3ccc(O)cc3)n2)c1. The van der Waals surface area contributed by atoms with Gasteiger partial charge in [0.1, 0.15) is 5.75 Å². The van der Waals surface area contributed by atoms with Gasteiger partial charge in [-0.05, 0) is 47.7 Å². The van der Waals surface area contributed by atoms with Gasteiger partial charge in [-0.15, -0.1) is 0 Å². The summed E-state index contributed by atoms with van der Waals surface area (Å²) in [6.45, 7) is 9.48. The third kappa shape index (κ3) is 5.84. The second-order valence-electron chi connectivity index (χ2n) is 8.80. The minimum atomic E-state index is 0.289. The molecule has 0 aliphatic carbocycles. The summed E-state index contributed by atoms with van der Waals surface area (Å²) in [7, 11) is 0. The molecule has 6 heteroatoms. The van der Waals surface area contributed by atoms with Crippen molar-refractivity contribution in [3.8, 4) is 17.0 Å². The van der Waals surface area contributed by atoms with E-state index in [9.17, 15) is 5.11 Å². The number of hydrogen-bond acceptors (Lipinski definition) is 6. The maximum Gasteiger partial charge on any atom is 0.223 e. The van der Waals surface area contributed by atoms with Gasteiger partial charge in [0, 0.05) is 50.5 Å². The molecule has 0 amide bonds. The minimum absolute atomic E-state index is 0.289. The molecule has 1 saturated heterocycles. The fraction of sp³-hybridized carbons (Fsp3) is 0.385. The van der Waals surface area contributed by atoms with Crippen LogP contribution < -0.4 is 10.6 Å². The maximum absolute atomic E-state index is 9.41. The summed E-state index contributed by atoms with van der Waals surface area (Å²) < 4.78 is 0. The summed E-state index contributed by atoms with van der Waals surface area (Å²) in [6.07, 6.45) is 2.65. The molecule has 1 unspecified atom stereocenters. The molecule has 1 aliphatic heterocycles. The Bertz CT molecular complexity index is 1010. The summed E-state index contributed by atoms with van der Waals surface area (Å²) >= 11 is 0. The zero-order chi connectivity index (χ0) is 22.3. The van der Waals surface area contributed by atoms with Gasteiger partial charge in [0.2, 0.25) is 5.95 Å². The van der Waals surface area contributed by atoms with Crippen molar-refractivity contribution in [1.29, 1.82) is 0 Å². The highest BCUT2D eigenvalue weighted by molar-refractivity contribution is 5.61. The summed E-state index contributed by atoms with van der Waals surface area (Å²) in [4.78, 5) is 11.7. The molecular weight excluding hydrogens is 398 g/mol. The van der Waals surface area contributed by atoms with E-state index in [1.54, 1.807) is 12.1 Å². The number of aromatic hydroxyl groups is 1. The number of anilines is 1. The molecule has 0 bridgehead atoms. The highest BCUT2D eigenvalue weighted by Crippen LogP contribution is 2.22. The first-order valence-corrected chi connectivity index (χ1v) is 11.5. The van der Waals surface area contributed by atoms with Crippen LogP contribution in [0.4, 0.5) is 5.95 Å². The van der Waals surface area contributed by atoms with Gasteiger partial charge >= 0.3 is 0 Å². The summed E-state index contributed by atoms with van der Waals surface area (Å²) in [5.41, 5.74) is 4.51. The Balaban J connectivity index is 1.41. The van der Waals surface area contributed by atoms with E-state index in [4.69, 9.17) is 4.98 Å². The zero-order valence-electron chi connectivity index (χ0n) is 19.0. The Hall–Kier alpha value is -2.96. The van der Waals surface area contributed by atoms with E-state index in [-0.39, 0.29) is 5.75 Å². The molecule has 2 heterocycles. The molecule has 0 radical (unpaired) electrons. The predicted octanol–water partition coefficient (Wildman–Crippen LogP) is 3.93. The van der Waals surface area contributed by atoms with Crippen molar-refractivity contribution in [3.05, 3.63) is 71.9 Å². The van der Waals surface area contributed by atoms with Crippen LogP contribution in [-0.2, 0) is 13.0 Å². The average molecular weight is 432 g/mol. The van der Waals surface area contributed by atoms with Crippen molar-refractivity contribution >= 4 is 5.95 Å². The van der Waals surface area contributed by atoms with Crippen LogP contribution in [0.3, 0.4) is 0 Å². The Morgan fingerprint density at radius 3 is 2.78 bits per heavy atom. The Labute approximate surface area is 190 Å². The second-order valence-corrected chi connectivity index (χ2v) is 8.80. The molecule has 1 aromatic heterocycles. The summed E-state index contributed by atoms with van der Waals surface area (Å²) in [5.74, 6) is 1.55. The molecule has 4 rings (SSSR count). The van der Waals surface area contributed by atoms with Gasteiger partial charge in [0.25, 0.3) is 0 Å². The first-order chi connectivity index (χ1) is 15.6. The molecule has 6 nitrogen and oxygen atoms in total. The van der Waals surface area contributed by atoms with E-state index >= 15 is 0 Å². The molecule has 1 fully saturated rings. The lowest BCUT2D eigenvalue weighted by Crippen LogP contribution is -2.52. The molecule has 32 heavy (non-hydrogen) atoms. The average Bonchev–Trinajstić information content (AvgIpc) is 2.81. The van der Waals surface area contributed by atoms with E-state index in [2.05, 4.69) is 58.6 Å². The lowest BCUT2D eigenvalue weighted by atomic mass is 9.99. The zero-order valence-corrected chi connectivity index (χ0v) is 19.0. The number of phenols is 1. The molecular formula is C26H33N5O. The van der Waals surface area contributed by atoms with Crippen LogP contribution in [0.15, 0.2) is 60.8 Å². The highest BCUT2D eigenvalue weighted by Gasteiger charge is 2.24. The smallest absolute Gasteiger partial charge is 0.223 e. The van der Waals surface area contributed by atoms with Gasteiger partial charge in [-0.2, -0.15) is 0 Å². The van der Waals surface area contributed by atoms with Crippen molar-refractivity contribution in [2.24, 2.45) is 5.92 Å². The molecule has 0 spiro atoms. The molecule has 3 aromatic rings. The summed E-state index contributed by atoms with van der Waals surface area (Å²) in [6, 6.07) is 18.5. The second kappa shape index (κ2) is 10.6. The number of phenolic OH excluding ortho intramolecular Hbond substituents is 1. The van der Waals surface area contributed by atoms with Crippen molar-refractivity contribution in [2.75, 3.05) is 31.5 Å². The van der Waals surface area contributed by atoms with Gasteiger partial charge in [-0.1, -0.05) is 44.2 Å². The van der Waals surface area contributed by atoms with Gasteiger partial charge in [0.05, 0.1) is 5.69 Å². The third-order valence-electron chi connectivity index (χ3n) is 6.06. The Morgan fingerprint density at radius 1 is 1.12 bits per heavy atom. The number of rotatable bonds is 8. The first kappa shape index (κ1) is 22.2. The number of nitrogens with one attached hydrogen (secondary N) is 2. The molecule has 1 atom stereocenters. The normalized spacial score (nSPS) is 16.9.